The zero-order valence-corrected chi connectivity index (χ0v) is 14.9. The number of carboxylic acids is 1. The Hall–Kier alpha value is -3.18. The van der Waals surface area contributed by atoms with Crippen LogP contribution in [-0.2, 0) is 4.79 Å². The second-order valence-electron chi connectivity index (χ2n) is 5.96. The van der Waals surface area contributed by atoms with Crippen LogP contribution in [0.5, 0.6) is 17.2 Å². The molecule has 2 aromatic rings. The smallest absolute Gasteiger partial charge is 0.430 e. The first-order chi connectivity index (χ1) is 13.1. The van der Waals surface area contributed by atoms with Crippen LogP contribution in [0.15, 0.2) is 35.9 Å². The lowest BCUT2D eigenvalue weighted by molar-refractivity contribution is -0.187. The number of benzene rings is 2. The molecule has 1 aliphatic rings. The van der Waals surface area contributed by atoms with Gasteiger partial charge >= 0.3 is 12.1 Å². The minimum atomic E-state index is -4.91. The lowest BCUT2D eigenvalue weighted by atomic mass is 10.0. The molecule has 144 valence electrons. The fraction of sp³-hybridized carbons (Fsp3) is 0.158. The van der Waals surface area contributed by atoms with Crippen molar-refractivity contribution < 1.29 is 32.5 Å². The molecule has 0 saturated carbocycles. The summed E-state index contributed by atoms with van der Waals surface area (Å²) in [6.45, 7) is 1.69. The molecule has 28 heavy (non-hydrogen) atoms. The van der Waals surface area contributed by atoms with E-state index >= 15 is 0 Å². The third-order valence-electron chi connectivity index (χ3n) is 3.97. The van der Waals surface area contributed by atoms with Gasteiger partial charge in [-0.3, -0.25) is 0 Å². The fourth-order valence-corrected chi connectivity index (χ4v) is 2.86. The largest absolute Gasteiger partial charge is 0.478 e. The van der Waals surface area contributed by atoms with Crippen LogP contribution in [0.1, 0.15) is 16.7 Å². The zero-order valence-electron chi connectivity index (χ0n) is 14.2. The zero-order chi connectivity index (χ0) is 20.6. The van der Waals surface area contributed by atoms with Gasteiger partial charge in [-0.05, 0) is 42.8 Å². The molecule has 1 atom stereocenters. The maximum absolute atomic E-state index is 13.2. The molecule has 1 unspecified atom stereocenters. The van der Waals surface area contributed by atoms with Gasteiger partial charge in [-0.15, -0.1) is 0 Å². The molecule has 0 amide bonds. The molecule has 9 heteroatoms. The van der Waals surface area contributed by atoms with Crippen molar-refractivity contribution in [3.05, 3.63) is 57.6 Å². The number of hydrogen-bond donors (Lipinski definition) is 1. The first-order valence-electron chi connectivity index (χ1n) is 7.80. The molecule has 0 bridgehead atoms. The van der Waals surface area contributed by atoms with Crippen molar-refractivity contribution in [2.24, 2.45) is 0 Å². The first-order valence-corrected chi connectivity index (χ1v) is 8.18. The van der Waals surface area contributed by atoms with E-state index in [0.29, 0.717) is 16.9 Å². The van der Waals surface area contributed by atoms with Crippen molar-refractivity contribution in [1.82, 2.24) is 0 Å². The van der Waals surface area contributed by atoms with Gasteiger partial charge in [0.2, 0.25) is 6.10 Å². The van der Waals surface area contributed by atoms with Crippen molar-refractivity contribution in [3.8, 4) is 23.3 Å². The highest BCUT2D eigenvalue weighted by Gasteiger charge is 2.48. The van der Waals surface area contributed by atoms with Gasteiger partial charge in [0.25, 0.3) is 0 Å². The van der Waals surface area contributed by atoms with Crippen LogP contribution in [0.3, 0.4) is 0 Å². The van der Waals surface area contributed by atoms with Gasteiger partial charge in [-0.1, -0.05) is 11.6 Å². The number of nitriles is 1. The second kappa shape index (κ2) is 7.09. The van der Waals surface area contributed by atoms with Crippen LogP contribution in [0.25, 0.3) is 6.08 Å². The number of alkyl halides is 3. The summed E-state index contributed by atoms with van der Waals surface area (Å²) in [6.07, 6.45) is -6.64. The van der Waals surface area contributed by atoms with Crippen LogP contribution >= 0.6 is 11.6 Å². The minimum absolute atomic E-state index is 0.0290. The number of aryl methyl sites for hydroxylation is 1. The maximum atomic E-state index is 13.2. The molecule has 3 rings (SSSR count). The SMILES string of the molecule is Cc1cc(C#N)ccc1Oc1cc2c(cc1Cl)C=C(C(=O)O)C(C(F)(F)F)O2. The van der Waals surface area contributed by atoms with Crippen LogP contribution in [0.4, 0.5) is 13.2 Å². The molecule has 5 nitrogen and oxygen atoms in total. The highest BCUT2D eigenvalue weighted by atomic mass is 35.5. The Bertz CT molecular complexity index is 1040. The predicted octanol–water partition coefficient (Wildman–Crippen LogP) is 5.10. The summed E-state index contributed by atoms with van der Waals surface area (Å²) < 4.78 is 50.1. The lowest BCUT2D eigenvalue weighted by Crippen LogP contribution is -2.40. The van der Waals surface area contributed by atoms with E-state index in [1.165, 1.54) is 24.3 Å². The number of ether oxygens (including phenoxy) is 2. The van der Waals surface area contributed by atoms with E-state index in [1.807, 2.05) is 6.07 Å². The molecule has 0 aliphatic carbocycles. The monoisotopic (exact) mass is 409 g/mol. The highest BCUT2D eigenvalue weighted by Crippen LogP contribution is 2.42. The van der Waals surface area contributed by atoms with Crippen LogP contribution in [0.2, 0.25) is 5.02 Å². The number of halogens is 4. The molecule has 0 radical (unpaired) electrons. The summed E-state index contributed by atoms with van der Waals surface area (Å²) in [5.41, 5.74) is 0.193. The van der Waals surface area contributed by atoms with Gasteiger partial charge in [-0.2, -0.15) is 18.4 Å². The van der Waals surface area contributed by atoms with Crippen LogP contribution in [0, 0.1) is 18.3 Å². The van der Waals surface area contributed by atoms with E-state index in [4.69, 9.17) is 31.4 Å². The van der Waals surface area contributed by atoms with Crippen LogP contribution in [-0.4, -0.2) is 23.4 Å². The maximum Gasteiger partial charge on any atom is 0.430 e. The molecule has 0 spiro atoms. The van der Waals surface area contributed by atoms with Crippen molar-refractivity contribution in [2.45, 2.75) is 19.2 Å². The molecular formula is C19H11ClF3NO4. The standard InChI is InChI=1S/C19H11ClF3NO4/c1-9-4-10(8-24)2-3-14(9)27-16-7-15-11(6-13(16)20)5-12(18(25)26)17(28-15)19(21,22)23/h2-7,17H,1H3,(H,25,26). The van der Waals surface area contributed by atoms with Crippen molar-refractivity contribution >= 4 is 23.6 Å². The Labute approximate surface area is 162 Å². The quantitative estimate of drug-likeness (QED) is 0.762. The molecule has 0 saturated heterocycles. The van der Waals surface area contributed by atoms with Gasteiger partial charge in [0, 0.05) is 11.6 Å². The second-order valence-corrected chi connectivity index (χ2v) is 6.37. The third-order valence-corrected chi connectivity index (χ3v) is 4.27. The molecule has 2 aromatic carbocycles. The normalized spacial score (nSPS) is 15.7. The fourth-order valence-electron chi connectivity index (χ4n) is 2.65. The van der Waals surface area contributed by atoms with Crippen LogP contribution < -0.4 is 9.47 Å². The number of carboxylic acid groups (broad SMARTS) is 1. The van der Waals surface area contributed by atoms with Gasteiger partial charge in [-0.25, -0.2) is 4.79 Å². The Kier molecular flexibility index (Phi) is 4.96. The van der Waals surface area contributed by atoms with Gasteiger partial charge in [0.1, 0.15) is 17.2 Å². The number of fused-ring (bicyclic) bond motifs is 1. The van der Waals surface area contributed by atoms with E-state index in [-0.39, 0.29) is 22.1 Å². The highest BCUT2D eigenvalue weighted by molar-refractivity contribution is 6.32. The Morgan fingerprint density at radius 1 is 1.29 bits per heavy atom. The summed E-state index contributed by atoms with van der Waals surface area (Å²) in [7, 11) is 0. The average molecular weight is 410 g/mol. The number of hydrogen-bond acceptors (Lipinski definition) is 4. The topological polar surface area (TPSA) is 79.5 Å². The lowest BCUT2D eigenvalue weighted by Gasteiger charge is -2.27. The van der Waals surface area contributed by atoms with Gasteiger partial charge in [0.05, 0.1) is 22.2 Å². The van der Waals surface area contributed by atoms with E-state index in [9.17, 15) is 18.0 Å². The number of aliphatic carboxylic acids is 1. The Morgan fingerprint density at radius 2 is 2.00 bits per heavy atom. The summed E-state index contributed by atoms with van der Waals surface area (Å²) >= 11 is 6.14. The number of nitrogens with zero attached hydrogens (tertiary/aromatic N) is 1. The molecule has 1 N–H and O–H groups in total. The van der Waals surface area contributed by atoms with E-state index in [2.05, 4.69) is 0 Å². The number of rotatable bonds is 3. The molecule has 1 heterocycles. The summed E-state index contributed by atoms with van der Waals surface area (Å²) in [6, 6.07) is 9.05. The van der Waals surface area contributed by atoms with Gasteiger partial charge in [0.15, 0.2) is 0 Å². The summed E-state index contributed by atoms with van der Waals surface area (Å²) in [5.74, 6) is -1.57. The third kappa shape index (κ3) is 3.75. The molecule has 0 aromatic heterocycles. The first kappa shape index (κ1) is 19.6. The van der Waals surface area contributed by atoms with Gasteiger partial charge < -0.3 is 14.6 Å². The molecule has 0 fully saturated rings. The summed E-state index contributed by atoms with van der Waals surface area (Å²) in [5, 5.41) is 18.0. The average Bonchev–Trinajstić information content (AvgIpc) is 2.62. The molecule has 1 aliphatic heterocycles. The molecular weight excluding hydrogens is 399 g/mol. The number of carbonyl (C=O) groups is 1. The summed E-state index contributed by atoms with van der Waals surface area (Å²) in [4.78, 5) is 11.2. The van der Waals surface area contributed by atoms with Crippen molar-refractivity contribution in [2.75, 3.05) is 0 Å². The van der Waals surface area contributed by atoms with E-state index < -0.39 is 23.8 Å². The van der Waals surface area contributed by atoms with Crippen molar-refractivity contribution in [3.63, 3.8) is 0 Å². The Balaban J connectivity index is 2.01. The Morgan fingerprint density at radius 3 is 2.57 bits per heavy atom. The van der Waals surface area contributed by atoms with Crippen molar-refractivity contribution in [1.29, 1.82) is 5.26 Å². The minimum Gasteiger partial charge on any atom is -0.478 e. The van der Waals surface area contributed by atoms with E-state index in [1.54, 1.807) is 13.0 Å². The predicted molar refractivity (Wildman–Crippen MR) is 93.5 cm³/mol. The van der Waals surface area contributed by atoms with E-state index in [0.717, 1.165) is 6.08 Å².